The molecule has 0 fully saturated rings. The number of alkyl halides is 3. The Labute approximate surface area is 132 Å². The number of carbonyl (C=O) groups is 1. The highest BCUT2D eigenvalue weighted by Crippen LogP contribution is 2.20. The number of rotatable bonds is 7. The van der Waals surface area contributed by atoms with Crippen molar-refractivity contribution < 1.29 is 18.0 Å². The third-order valence-electron chi connectivity index (χ3n) is 3.36. The Kier molecular flexibility index (Phi) is 5.78. The van der Waals surface area contributed by atoms with Crippen LogP contribution in [-0.2, 0) is 4.79 Å². The highest BCUT2D eigenvalue weighted by molar-refractivity contribution is 5.90. The molecule has 124 valence electrons. The molecule has 0 spiro atoms. The van der Waals surface area contributed by atoms with Crippen LogP contribution < -0.4 is 10.6 Å². The van der Waals surface area contributed by atoms with Crippen molar-refractivity contribution in [3.63, 3.8) is 0 Å². The van der Waals surface area contributed by atoms with Crippen molar-refractivity contribution in [1.82, 2.24) is 10.3 Å². The molecule has 0 unspecified atom stereocenters. The first kappa shape index (κ1) is 17.1. The quantitative estimate of drug-likeness (QED) is 0.766. The minimum absolute atomic E-state index is 0.0382. The van der Waals surface area contributed by atoms with Crippen LogP contribution in [0, 0.1) is 0 Å². The van der Waals surface area contributed by atoms with E-state index in [1.807, 2.05) is 35.6 Å². The van der Waals surface area contributed by atoms with Crippen LogP contribution >= 0.6 is 0 Å². The molecule has 0 saturated carbocycles. The predicted octanol–water partition coefficient (Wildman–Crippen LogP) is 3.50. The van der Waals surface area contributed by atoms with Crippen LogP contribution in [0.5, 0.6) is 0 Å². The minimum Gasteiger partial charge on any atom is -0.384 e. The first-order valence-electron chi connectivity index (χ1n) is 7.41. The van der Waals surface area contributed by atoms with Crippen LogP contribution in [0.3, 0.4) is 0 Å². The zero-order chi connectivity index (χ0) is 16.7. The maximum absolute atomic E-state index is 12.0. The van der Waals surface area contributed by atoms with E-state index in [-0.39, 0.29) is 6.54 Å². The molecule has 0 aliphatic carbocycles. The van der Waals surface area contributed by atoms with E-state index < -0.39 is 12.1 Å². The summed E-state index contributed by atoms with van der Waals surface area (Å²) in [6.45, 7) is 0.748. The number of unbranched alkanes of at least 4 members (excludes halogenated alkanes) is 2. The first-order valence-corrected chi connectivity index (χ1v) is 7.41. The van der Waals surface area contributed by atoms with E-state index in [0.717, 1.165) is 29.4 Å². The van der Waals surface area contributed by atoms with Crippen molar-refractivity contribution in [2.24, 2.45) is 0 Å². The fourth-order valence-electron chi connectivity index (χ4n) is 2.20. The van der Waals surface area contributed by atoms with Crippen LogP contribution in [0.15, 0.2) is 36.5 Å². The van der Waals surface area contributed by atoms with Crippen molar-refractivity contribution in [2.45, 2.75) is 25.4 Å². The lowest BCUT2D eigenvalue weighted by atomic mass is 10.2. The first-order chi connectivity index (χ1) is 11.0. The summed E-state index contributed by atoms with van der Waals surface area (Å²) >= 11 is 0. The van der Waals surface area contributed by atoms with E-state index >= 15 is 0 Å². The highest BCUT2D eigenvalue weighted by Gasteiger charge is 2.38. The number of anilines is 1. The van der Waals surface area contributed by atoms with E-state index in [2.05, 4.69) is 10.3 Å². The minimum atomic E-state index is -4.80. The van der Waals surface area contributed by atoms with Gasteiger partial charge in [-0.3, -0.25) is 9.78 Å². The number of hydrogen-bond donors (Lipinski definition) is 2. The monoisotopic (exact) mass is 325 g/mol. The molecule has 0 radical (unpaired) electrons. The summed E-state index contributed by atoms with van der Waals surface area (Å²) in [5.74, 6) is -1.88. The Morgan fingerprint density at radius 2 is 1.78 bits per heavy atom. The molecule has 0 saturated heterocycles. The van der Waals surface area contributed by atoms with Gasteiger partial charge < -0.3 is 10.6 Å². The molecule has 0 bridgehead atoms. The van der Waals surface area contributed by atoms with Gasteiger partial charge >= 0.3 is 12.1 Å². The molecule has 1 aromatic carbocycles. The molecule has 0 aliphatic heterocycles. The van der Waals surface area contributed by atoms with E-state index in [4.69, 9.17) is 0 Å². The number of pyridine rings is 1. The lowest BCUT2D eigenvalue weighted by molar-refractivity contribution is -0.173. The number of halogens is 3. The van der Waals surface area contributed by atoms with Crippen LogP contribution in [0.1, 0.15) is 19.3 Å². The summed E-state index contributed by atoms with van der Waals surface area (Å²) in [6.07, 6.45) is -1.02. The van der Waals surface area contributed by atoms with Gasteiger partial charge in [-0.25, -0.2) is 0 Å². The second-order valence-electron chi connectivity index (χ2n) is 5.12. The number of hydrogen-bond acceptors (Lipinski definition) is 3. The van der Waals surface area contributed by atoms with Crippen LogP contribution in [0.2, 0.25) is 0 Å². The van der Waals surface area contributed by atoms with Crippen molar-refractivity contribution in [2.75, 3.05) is 18.4 Å². The van der Waals surface area contributed by atoms with Gasteiger partial charge in [-0.1, -0.05) is 18.2 Å². The smallest absolute Gasteiger partial charge is 0.384 e. The van der Waals surface area contributed by atoms with Gasteiger partial charge in [0, 0.05) is 30.4 Å². The summed E-state index contributed by atoms with van der Waals surface area (Å²) in [7, 11) is 0. The van der Waals surface area contributed by atoms with Gasteiger partial charge in [0.25, 0.3) is 0 Å². The molecule has 23 heavy (non-hydrogen) atoms. The summed E-state index contributed by atoms with van der Waals surface area (Å²) in [4.78, 5) is 14.9. The average Bonchev–Trinajstić information content (AvgIpc) is 2.53. The highest BCUT2D eigenvalue weighted by atomic mass is 19.4. The summed E-state index contributed by atoms with van der Waals surface area (Å²) < 4.78 is 35.9. The molecule has 2 aromatic rings. The van der Waals surface area contributed by atoms with Crippen LogP contribution in [0.25, 0.3) is 10.9 Å². The van der Waals surface area contributed by atoms with Gasteiger partial charge in [-0.15, -0.1) is 0 Å². The van der Waals surface area contributed by atoms with Crippen LogP contribution in [0.4, 0.5) is 18.9 Å². The topological polar surface area (TPSA) is 54.0 Å². The molecular formula is C16H18F3N3O. The second-order valence-corrected chi connectivity index (χ2v) is 5.12. The lowest BCUT2D eigenvalue weighted by Gasteiger charge is -2.10. The summed E-state index contributed by atoms with van der Waals surface area (Å²) in [6, 6.07) is 9.68. The zero-order valence-corrected chi connectivity index (χ0v) is 12.5. The zero-order valence-electron chi connectivity index (χ0n) is 12.5. The molecular weight excluding hydrogens is 307 g/mol. The molecule has 1 aromatic heterocycles. The van der Waals surface area contributed by atoms with Gasteiger partial charge in [0.2, 0.25) is 0 Å². The maximum Gasteiger partial charge on any atom is 0.471 e. The molecule has 7 heteroatoms. The van der Waals surface area contributed by atoms with E-state index in [0.29, 0.717) is 13.0 Å². The van der Waals surface area contributed by atoms with E-state index in [9.17, 15) is 18.0 Å². The van der Waals surface area contributed by atoms with Crippen molar-refractivity contribution in [3.8, 4) is 0 Å². The van der Waals surface area contributed by atoms with Gasteiger partial charge in [0.15, 0.2) is 0 Å². The molecule has 2 rings (SSSR count). The molecule has 2 N–H and O–H groups in total. The van der Waals surface area contributed by atoms with Gasteiger partial charge in [-0.05, 0) is 31.4 Å². The Balaban J connectivity index is 1.67. The molecule has 0 atom stereocenters. The van der Waals surface area contributed by atoms with Crippen molar-refractivity contribution >= 4 is 22.5 Å². The van der Waals surface area contributed by atoms with Gasteiger partial charge in [-0.2, -0.15) is 13.2 Å². The number of amides is 1. The fraction of sp³-hybridized carbons (Fsp3) is 0.375. The largest absolute Gasteiger partial charge is 0.471 e. The van der Waals surface area contributed by atoms with Crippen molar-refractivity contribution in [1.29, 1.82) is 0 Å². The standard InChI is InChI=1S/C16H18F3N3O/c17-16(18,19)15(23)22-10-5-1-4-9-20-14-8-11-21-13-7-3-2-6-12(13)14/h2-3,6-8,11H,1,4-5,9-10H2,(H,20,21)(H,22,23). The SMILES string of the molecule is O=C(NCCCCCNc1ccnc2ccccc12)C(F)(F)F. The number of carbonyl (C=O) groups excluding carboxylic acids is 1. The molecule has 4 nitrogen and oxygen atoms in total. The number of para-hydroxylation sites is 1. The second kappa shape index (κ2) is 7.80. The van der Waals surface area contributed by atoms with Gasteiger partial charge in [0.05, 0.1) is 5.52 Å². The predicted molar refractivity (Wildman–Crippen MR) is 83.1 cm³/mol. The molecule has 0 aliphatic rings. The van der Waals surface area contributed by atoms with E-state index in [1.165, 1.54) is 0 Å². The Morgan fingerprint density at radius 1 is 1.04 bits per heavy atom. The number of fused-ring (bicyclic) bond motifs is 1. The molecule has 1 heterocycles. The maximum atomic E-state index is 12.0. The number of benzene rings is 1. The number of aromatic nitrogens is 1. The van der Waals surface area contributed by atoms with Crippen LogP contribution in [-0.4, -0.2) is 30.2 Å². The van der Waals surface area contributed by atoms with Crippen molar-refractivity contribution in [3.05, 3.63) is 36.5 Å². The van der Waals surface area contributed by atoms with E-state index in [1.54, 1.807) is 6.20 Å². The molecule has 1 amide bonds. The Bertz CT molecular complexity index is 653. The van der Waals surface area contributed by atoms with Gasteiger partial charge in [0.1, 0.15) is 0 Å². The number of nitrogens with one attached hydrogen (secondary N) is 2. The number of nitrogens with zero attached hydrogens (tertiary/aromatic N) is 1. The normalized spacial score (nSPS) is 11.4. The summed E-state index contributed by atoms with van der Waals surface area (Å²) in [5, 5.41) is 6.20. The third-order valence-corrected chi connectivity index (χ3v) is 3.36. The fourth-order valence-corrected chi connectivity index (χ4v) is 2.20. The third kappa shape index (κ3) is 5.12. The Morgan fingerprint density at radius 3 is 2.57 bits per heavy atom. The average molecular weight is 325 g/mol. The lowest BCUT2D eigenvalue weighted by Crippen LogP contribution is -2.37. The summed E-state index contributed by atoms with van der Waals surface area (Å²) in [5.41, 5.74) is 1.90. The Hall–Kier alpha value is -2.31.